The van der Waals surface area contributed by atoms with Crippen molar-refractivity contribution in [3.05, 3.63) is 98.5 Å². The Labute approximate surface area is 173 Å². The van der Waals surface area contributed by atoms with Crippen molar-refractivity contribution in [2.24, 2.45) is 0 Å². The van der Waals surface area contributed by atoms with Gasteiger partial charge in [0.2, 0.25) is 0 Å². The molecule has 0 atom stereocenters. The standard InChI is InChI=1S/C18H14F3N5.2C2H4/c19-18(20,21)13-3-5-14(6-4-13)24-16-7-9-23-17-10-15(25-26(16)17)12-2-1-8-22-11-12;2*1-2/h1-7,9-11,22,24H,8H2;2*1-2H2. The third-order valence-electron chi connectivity index (χ3n) is 3.93. The number of nitrogens with zero attached hydrogens (tertiary/aromatic N) is 3. The van der Waals surface area contributed by atoms with Crippen molar-refractivity contribution >= 4 is 22.7 Å². The molecular weight excluding hydrogens is 391 g/mol. The number of dihydropyridines is 1. The average molecular weight is 413 g/mol. The smallest absolute Gasteiger partial charge is 0.387 e. The third kappa shape index (κ3) is 5.16. The van der Waals surface area contributed by atoms with Crippen LogP contribution in [0.2, 0.25) is 0 Å². The van der Waals surface area contributed by atoms with Crippen molar-refractivity contribution in [2.45, 2.75) is 6.18 Å². The van der Waals surface area contributed by atoms with Gasteiger partial charge in [-0.25, -0.2) is 4.98 Å². The Morgan fingerprint density at radius 3 is 2.33 bits per heavy atom. The molecule has 1 aromatic carbocycles. The Hall–Kier alpha value is -3.81. The number of benzene rings is 1. The molecule has 0 fully saturated rings. The topological polar surface area (TPSA) is 54.2 Å². The van der Waals surface area contributed by atoms with E-state index in [1.807, 2.05) is 24.4 Å². The Morgan fingerprint density at radius 2 is 1.73 bits per heavy atom. The van der Waals surface area contributed by atoms with Crippen molar-refractivity contribution in [3.8, 4) is 0 Å². The zero-order valence-corrected chi connectivity index (χ0v) is 16.3. The second-order valence-corrected chi connectivity index (χ2v) is 5.74. The van der Waals surface area contributed by atoms with E-state index in [-0.39, 0.29) is 0 Å². The Balaban J connectivity index is 0.000000757. The van der Waals surface area contributed by atoms with Gasteiger partial charge >= 0.3 is 6.18 Å². The molecule has 2 N–H and O–H groups in total. The van der Waals surface area contributed by atoms with Crippen LogP contribution in [0.1, 0.15) is 11.3 Å². The summed E-state index contributed by atoms with van der Waals surface area (Å²) < 4.78 is 39.6. The van der Waals surface area contributed by atoms with Crippen LogP contribution in [-0.2, 0) is 6.18 Å². The highest BCUT2D eigenvalue weighted by Gasteiger charge is 2.29. The van der Waals surface area contributed by atoms with Crippen LogP contribution < -0.4 is 10.6 Å². The summed E-state index contributed by atoms with van der Waals surface area (Å²) in [6, 6.07) is 8.41. The van der Waals surface area contributed by atoms with Gasteiger partial charge in [-0.2, -0.15) is 22.8 Å². The summed E-state index contributed by atoms with van der Waals surface area (Å²) in [6.07, 6.45) is 3.12. The van der Waals surface area contributed by atoms with Crippen molar-refractivity contribution in [2.75, 3.05) is 11.9 Å². The Bertz CT molecular complexity index is 1030. The molecule has 0 bridgehead atoms. The van der Waals surface area contributed by atoms with Crippen LogP contribution in [0.4, 0.5) is 24.7 Å². The van der Waals surface area contributed by atoms with Gasteiger partial charge in [0, 0.05) is 36.3 Å². The highest BCUT2D eigenvalue weighted by atomic mass is 19.4. The van der Waals surface area contributed by atoms with E-state index in [0.29, 0.717) is 17.2 Å². The van der Waals surface area contributed by atoms with E-state index in [1.165, 1.54) is 12.1 Å². The number of hydrogen-bond donors (Lipinski definition) is 2. The van der Waals surface area contributed by atoms with Crippen LogP contribution in [0.3, 0.4) is 0 Å². The van der Waals surface area contributed by atoms with Gasteiger partial charge in [-0.15, -0.1) is 26.3 Å². The van der Waals surface area contributed by atoms with E-state index in [4.69, 9.17) is 0 Å². The first kappa shape index (κ1) is 22.5. The van der Waals surface area contributed by atoms with Gasteiger partial charge < -0.3 is 10.6 Å². The van der Waals surface area contributed by atoms with Crippen LogP contribution in [0.5, 0.6) is 0 Å². The Kier molecular flexibility index (Phi) is 7.57. The number of halogens is 3. The molecule has 30 heavy (non-hydrogen) atoms. The van der Waals surface area contributed by atoms with Crippen LogP contribution in [-0.4, -0.2) is 21.1 Å². The molecule has 0 amide bonds. The highest BCUT2D eigenvalue weighted by molar-refractivity contribution is 5.74. The van der Waals surface area contributed by atoms with Crippen molar-refractivity contribution < 1.29 is 13.2 Å². The number of nitrogens with one attached hydrogen (secondary N) is 2. The molecule has 0 radical (unpaired) electrons. The van der Waals surface area contributed by atoms with E-state index in [2.05, 4.69) is 47.0 Å². The van der Waals surface area contributed by atoms with E-state index < -0.39 is 11.7 Å². The zero-order chi connectivity index (χ0) is 22.1. The zero-order valence-electron chi connectivity index (χ0n) is 16.3. The van der Waals surface area contributed by atoms with Gasteiger partial charge in [-0.05, 0) is 30.3 Å². The SMILES string of the molecule is C=C.C=C.FC(F)(F)c1ccc(Nc2ccnc3cc(C4=CNCC=C4)nn23)cc1. The maximum atomic E-state index is 12.7. The maximum Gasteiger partial charge on any atom is 0.416 e. The van der Waals surface area contributed by atoms with Crippen molar-refractivity contribution in [1.82, 2.24) is 19.9 Å². The van der Waals surface area contributed by atoms with Crippen LogP contribution >= 0.6 is 0 Å². The molecule has 5 nitrogen and oxygen atoms in total. The number of fused-ring (bicyclic) bond motifs is 1. The molecule has 0 aliphatic carbocycles. The Morgan fingerprint density at radius 1 is 1.03 bits per heavy atom. The summed E-state index contributed by atoms with van der Waals surface area (Å²) in [7, 11) is 0. The lowest BCUT2D eigenvalue weighted by Crippen LogP contribution is -2.09. The minimum Gasteiger partial charge on any atom is -0.387 e. The quantitative estimate of drug-likeness (QED) is 0.549. The fraction of sp³-hybridized carbons (Fsp3) is 0.0909. The van der Waals surface area contributed by atoms with Gasteiger partial charge in [0.25, 0.3) is 0 Å². The van der Waals surface area contributed by atoms with Gasteiger partial charge in [0.15, 0.2) is 5.65 Å². The number of allylic oxidation sites excluding steroid dienone is 2. The van der Waals surface area contributed by atoms with Gasteiger partial charge in [0.1, 0.15) is 5.82 Å². The van der Waals surface area contributed by atoms with Crippen LogP contribution in [0.25, 0.3) is 11.2 Å². The minimum absolute atomic E-state index is 0.529. The summed E-state index contributed by atoms with van der Waals surface area (Å²) in [5.41, 5.74) is 2.16. The molecular formula is C22H22F3N5. The second kappa shape index (κ2) is 10.1. The number of rotatable bonds is 3. The van der Waals surface area contributed by atoms with E-state index in [0.717, 1.165) is 29.9 Å². The first-order valence-electron chi connectivity index (χ1n) is 8.90. The number of hydrogen-bond acceptors (Lipinski definition) is 4. The van der Waals surface area contributed by atoms with Gasteiger partial charge in [0.05, 0.1) is 11.3 Å². The summed E-state index contributed by atoms with van der Waals surface area (Å²) in [5, 5.41) is 10.7. The van der Waals surface area contributed by atoms with E-state index in [1.54, 1.807) is 16.8 Å². The lowest BCUT2D eigenvalue weighted by Gasteiger charge is -2.10. The monoisotopic (exact) mass is 413 g/mol. The highest BCUT2D eigenvalue weighted by Crippen LogP contribution is 2.30. The molecule has 8 heteroatoms. The normalized spacial score (nSPS) is 12.6. The number of anilines is 2. The largest absolute Gasteiger partial charge is 0.416 e. The molecule has 3 aromatic rings. The fourth-order valence-electron chi connectivity index (χ4n) is 2.65. The first-order valence-corrected chi connectivity index (χ1v) is 8.90. The summed E-state index contributed by atoms with van der Waals surface area (Å²) in [4.78, 5) is 4.29. The molecule has 0 spiro atoms. The first-order chi connectivity index (χ1) is 14.5. The van der Waals surface area contributed by atoms with Gasteiger partial charge in [-0.1, -0.05) is 12.2 Å². The molecule has 1 aliphatic heterocycles. The maximum absolute atomic E-state index is 12.7. The minimum atomic E-state index is -4.35. The van der Waals surface area contributed by atoms with Gasteiger partial charge in [-0.3, -0.25) is 0 Å². The molecule has 2 aromatic heterocycles. The van der Waals surface area contributed by atoms with E-state index >= 15 is 0 Å². The summed E-state index contributed by atoms with van der Waals surface area (Å²) in [5.74, 6) is 0.606. The molecule has 3 heterocycles. The predicted octanol–water partition coefficient (Wildman–Crippen LogP) is 5.60. The summed E-state index contributed by atoms with van der Waals surface area (Å²) >= 11 is 0. The number of alkyl halides is 3. The van der Waals surface area contributed by atoms with Crippen molar-refractivity contribution in [3.63, 3.8) is 0 Å². The fourth-order valence-corrected chi connectivity index (χ4v) is 2.65. The lowest BCUT2D eigenvalue weighted by atomic mass is 10.1. The molecule has 0 saturated heterocycles. The van der Waals surface area contributed by atoms with Crippen LogP contribution in [0.15, 0.2) is 87.3 Å². The summed E-state index contributed by atoms with van der Waals surface area (Å²) in [6.45, 7) is 12.8. The second-order valence-electron chi connectivity index (χ2n) is 5.74. The lowest BCUT2D eigenvalue weighted by molar-refractivity contribution is -0.137. The third-order valence-corrected chi connectivity index (χ3v) is 3.93. The molecule has 0 unspecified atom stereocenters. The van der Waals surface area contributed by atoms with Crippen LogP contribution in [0, 0.1) is 0 Å². The molecule has 156 valence electrons. The number of aromatic nitrogens is 3. The molecule has 4 rings (SSSR count). The predicted molar refractivity (Wildman–Crippen MR) is 115 cm³/mol. The average Bonchev–Trinajstić information content (AvgIpc) is 3.23. The van der Waals surface area contributed by atoms with E-state index in [9.17, 15) is 13.2 Å². The molecule has 1 aliphatic rings. The van der Waals surface area contributed by atoms with Crippen molar-refractivity contribution in [1.29, 1.82) is 0 Å². The molecule has 0 saturated carbocycles.